The lowest BCUT2D eigenvalue weighted by Gasteiger charge is -2.16. The smallest absolute Gasteiger partial charge is 0.328 e. The molecule has 108 valence electrons. The lowest BCUT2D eigenvalue weighted by atomic mass is 10.1. The molecule has 2 rings (SSSR count). The number of hydrogen-bond acceptors (Lipinski definition) is 4. The van der Waals surface area contributed by atoms with Gasteiger partial charge in [0.25, 0.3) is 5.91 Å². The van der Waals surface area contributed by atoms with Gasteiger partial charge in [0.15, 0.2) is 0 Å². The summed E-state index contributed by atoms with van der Waals surface area (Å²) in [5.41, 5.74) is 1.84. The van der Waals surface area contributed by atoms with Gasteiger partial charge in [0.2, 0.25) is 0 Å². The van der Waals surface area contributed by atoms with Gasteiger partial charge in [0, 0.05) is 37.6 Å². The summed E-state index contributed by atoms with van der Waals surface area (Å²) in [6, 6.07) is 3.38. The van der Waals surface area contributed by atoms with Gasteiger partial charge in [0.05, 0.1) is 18.1 Å². The van der Waals surface area contributed by atoms with Crippen molar-refractivity contribution >= 4 is 18.0 Å². The van der Waals surface area contributed by atoms with Crippen molar-refractivity contribution in [3.05, 3.63) is 59.8 Å². The van der Waals surface area contributed by atoms with Crippen LogP contribution in [-0.2, 0) is 11.3 Å². The number of amides is 1. The van der Waals surface area contributed by atoms with E-state index in [0.29, 0.717) is 17.7 Å². The van der Waals surface area contributed by atoms with Crippen molar-refractivity contribution in [2.24, 2.45) is 0 Å². The van der Waals surface area contributed by atoms with E-state index in [4.69, 9.17) is 9.52 Å². The molecule has 0 saturated heterocycles. The third kappa shape index (κ3) is 4.04. The van der Waals surface area contributed by atoms with E-state index in [1.54, 1.807) is 31.7 Å². The fraction of sp³-hybridized carbons (Fsp3) is 0.133. The Morgan fingerprint density at radius 3 is 2.90 bits per heavy atom. The van der Waals surface area contributed by atoms with E-state index < -0.39 is 5.97 Å². The number of carboxylic acid groups (broad SMARTS) is 1. The van der Waals surface area contributed by atoms with Crippen molar-refractivity contribution < 1.29 is 19.1 Å². The zero-order valence-electron chi connectivity index (χ0n) is 11.4. The Kier molecular flexibility index (Phi) is 4.50. The van der Waals surface area contributed by atoms with Crippen molar-refractivity contribution in [1.82, 2.24) is 9.88 Å². The van der Waals surface area contributed by atoms with Crippen molar-refractivity contribution in [2.45, 2.75) is 6.54 Å². The molecule has 0 unspecified atom stereocenters. The van der Waals surface area contributed by atoms with E-state index in [1.165, 1.54) is 23.4 Å². The molecular weight excluding hydrogens is 272 g/mol. The molecule has 21 heavy (non-hydrogen) atoms. The summed E-state index contributed by atoms with van der Waals surface area (Å²) in [4.78, 5) is 28.2. The van der Waals surface area contributed by atoms with E-state index in [2.05, 4.69) is 4.98 Å². The molecule has 0 aliphatic rings. The maximum Gasteiger partial charge on any atom is 0.328 e. The molecule has 1 N–H and O–H groups in total. The van der Waals surface area contributed by atoms with Crippen molar-refractivity contribution in [3.63, 3.8) is 0 Å². The van der Waals surface area contributed by atoms with Crippen molar-refractivity contribution in [1.29, 1.82) is 0 Å². The molecule has 0 radical (unpaired) electrons. The van der Waals surface area contributed by atoms with Gasteiger partial charge in [-0.1, -0.05) is 0 Å². The molecule has 1 amide bonds. The number of carboxylic acids is 1. The van der Waals surface area contributed by atoms with Crippen LogP contribution >= 0.6 is 0 Å². The Hall–Kier alpha value is -2.89. The van der Waals surface area contributed by atoms with E-state index in [1.807, 2.05) is 0 Å². The van der Waals surface area contributed by atoms with E-state index in [0.717, 1.165) is 11.6 Å². The first-order valence-corrected chi connectivity index (χ1v) is 6.19. The third-order valence-electron chi connectivity index (χ3n) is 2.77. The molecule has 0 fully saturated rings. The summed E-state index contributed by atoms with van der Waals surface area (Å²) in [5.74, 6) is -1.25. The minimum absolute atomic E-state index is 0.200. The zero-order chi connectivity index (χ0) is 15.2. The number of rotatable bonds is 5. The molecule has 2 aromatic heterocycles. The Morgan fingerprint density at radius 1 is 1.43 bits per heavy atom. The molecule has 0 aromatic carbocycles. The van der Waals surface area contributed by atoms with Crippen LogP contribution in [0, 0.1) is 0 Å². The summed E-state index contributed by atoms with van der Waals surface area (Å²) in [6.45, 7) is 0.421. The van der Waals surface area contributed by atoms with Crippen LogP contribution in [0.4, 0.5) is 0 Å². The number of aromatic nitrogens is 1. The zero-order valence-corrected chi connectivity index (χ0v) is 11.4. The molecular formula is C15H14N2O4. The Bertz CT molecular complexity index is 662. The van der Waals surface area contributed by atoms with Gasteiger partial charge in [-0.05, 0) is 23.8 Å². The highest BCUT2D eigenvalue weighted by Gasteiger charge is 2.13. The molecule has 0 aliphatic carbocycles. The second-order valence-corrected chi connectivity index (χ2v) is 4.47. The normalized spacial score (nSPS) is 10.7. The number of aliphatic carboxylic acids is 1. The van der Waals surface area contributed by atoms with Crippen LogP contribution in [0.1, 0.15) is 21.5 Å². The monoisotopic (exact) mass is 286 g/mol. The number of nitrogens with zero attached hydrogens (tertiary/aromatic N) is 2. The van der Waals surface area contributed by atoms with E-state index in [9.17, 15) is 9.59 Å². The third-order valence-corrected chi connectivity index (χ3v) is 2.77. The number of carbonyl (C=O) groups excluding carboxylic acids is 1. The fourth-order valence-corrected chi connectivity index (χ4v) is 1.78. The standard InChI is InChI=1S/C15H14N2O4/c1-17(9-12-4-5-21-10-12)15(20)13-6-11(7-16-8-13)2-3-14(18)19/h2-8,10H,9H2,1H3,(H,18,19). The number of furan rings is 1. The molecule has 6 heteroatoms. The second kappa shape index (κ2) is 6.51. The Labute approximate surface area is 121 Å². The first-order chi connectivity index (χ1) is 10.1. The van der Waals surface area contributed by atoms with Gasteiger partial charge in [-0.15, -0.1) is 0 Å². The predicted molar refractivity (Wildman–Crippen MR) is 75.4 cm³/mol. The highest BCUT2D eigenvalue weighted by molar-refractivity contribution is 5.94. The predicted octanol–water partition coefficient (Wildman–Crippen LogP) is 2.04. The fourth-order valence-electron chi connectivity index (χ4n) is 1.78. The van der Waals surface area contributed by atoms with Gasteiger partial charge in [0.1, 0.15) is 0 Å². The maximum atomic E-state index is 12.3. The summed E-state index contributed by atoms with van der Waals surface area (Å²) in [6.07, 6.45) is 8.46. The van der Waals surface area contributed by atoms with Crippen LogP contribution in [0.2, 0.25) is 0 Å². The average Bonchev–Trinajstić information content (AvgIpc) is 2.97. The summed E-state index contributed by atoms with van der Waals surface area (Å²) in [5, 5.41) is 8.59. The molecule has 0 spiro atoms. The topological polar surface area (TPSA) is 83.6 Å². The molecule has 2 heterocycles. The number of carbonyl (C=O) groups is 2. The highest BCUT2D eigenvalue weighted by Crippen LogP contribution is 2.10. The van der Waals surface area contributed by atoms with Crippen LogP contribution < -0.4 is 0 Å². The van der Waals surface area contributed by atoms with Crippen LogP contribution in [0.15, 0.2) is 47.5 Å². The van der Waals surface area contributed by atoms with E-state index in [-0.39, 0.29) is 5.91 Å². The van der Waals surface area contributed by atoms with Crippen molar-refractivity contribution in [2.75, 3.05) is 7.05 Å². The van der Waals surface area contributed by atoms with Crippen LogP contribution in [0.3, 0.4) is 0 Å². The highest BCUT2D eigenvalue weighted by atomic mass is 16.4. The summed E-state index contributed by atoms with van der Waals surface area (Å²) >= 11 is 0. The molecule has 0 aliphatic heterocycles. The number of pyridine rings is 1. The Balaban J connectivity index is 2.11. The molecule has 6 nitrogen and oxygen atoms in total. The van der Waals surface area contributed by atoms with Crippen LogP contribution in [0.5, 0.6) is 0 Å². The Morgan fingerprint density at radius 2 is 2.24 bits per heavy atom. The van der Waals surface area contributed by atoms with Gasteiger partial charge < -0.3 is 14.4 Å². The second-order valence-electron chi connectivity index (χ2n) is 4.47. The summed E-state index contributed by atoms with van der Waals surface area (Å²) in [7, 11) is 1.68. The van der Waals surface area contributed by atoms with Gasteiger partial charge in [-0.25, -0.2) is 4.79 Å². The van der Waals surface area contributed by atoms with Crippen molar-refractivity contribution in [3.8, 4) is 0 Å². The largest absolute Gasteiger partial charge is 0.478 e. The molecule has 0 bridgehead atoms. The van der Waals surface area contributed by atoms with Gasteiger partial charge in [-0.3, -0.25) is 9.78 Å². The minimum atomic E-state index is -1.05. The van der Waals surface area contributed by atoms with E-state index >= 15 is 0 Å². The first-order valence-electron chi connectivity index (χ1n) is 6.19. The molecule has 0 atom stereocenters. The molecule has 2 aromatic rings. The SMILES string of the molecule is CN(Cc1ccoc1)C(=O)c1cncc(C=CC(=O)O)c1. The lowest BCUT2D eigenvalue weighted by Crippen LogP contribution is -2.26. The molecule has 0 saturated carbocycles. The number of hydrogen-bond donors (Lipinski definition) is 1. The van der Waals surface area contributed by atoms with Crippen LogP contribution in [0.25, 0.3) is 6.08 Å². The average molecular weight is 286 g/mol. The minimum Gasteiger partial charge on any atom is -0.478 e. The maximum absolute atomic E-state index is 12.3. The van der Waals surface area contributed by atoms with Gasteiger partial charge >= 0.3 is 5.97 Å². The summed E-state index contributed by atoms with van der Waals surface area (Å²) < 4.78 is 4.96. The lowest BCUT2D eigenvalue weighted by molar-refractivity contribution is -0.131. The first kappa shape index (κ1) is 14.5. The van der Waals surface area contributed by atoms with Crippen LogP contribution in [-0.4, -0.2) is 33.9 Å². The van der Waals surface area contributed by atoms with Gasteiger partial charge in [-0.2, -0.15) is 0 Å². The quantitative estimate of drug-likeness (QED) is 0.850.